The summed E-state index contributed by atoms with van der Waals surface area (Å²) in [5, 5.41) is 0. The Morgan fingerprint density at radius 3 is 0.909 bits per heavy atom. The Hall–Kier alpha value is 1.08. The molecule has 0 amide bonds. The monoisotopic (exact) mass is 310 g/mol. The van der Waals surface area contributed by atoms with Crippen LogP contribution in [0.15, 0.2) is 0 Å². The van der Waals surface area contributed by atoms with Crippen LogP contribution < -0.4 is 12.4 Å². The second-order valence-corrected chi connectivity index (χ2v) is 1.22. The van der Waals surface area contributed by atoms with Crippen LogP contribution in [0.25, 0.3) is 0 Å². The van der Waals surface area contributed by atoms with E-state index in [4.69, 9.17) is 17.5 Å². The molecular weight excluding hydrogens is 307 g/mol. The third kappa shape index (κ3) is 784. The summed E-state index contributed by atoms with van der Waals surface area (Å²) in [5.74, 6) is 0. The Kier molecular flexibility index (Phi) is 117. The SMILES string of the molecule is O.O.O=S(=O)([O-])[O-].[Cl-].[Cu+2].[Cu+2].[OH-]. The molecule has 0 aromatic carbocycles. The first-order valence-corrected chi connectivity index (χ1v) is 2.00. The molecule has 2 radical (unpaired) electrons. The standard InChI is InChI=1S/ClH.2Cu.H2O4S.3H2O/c;;;1-5(2,3)4;;;/h1H;;;(H2,1,2,3,4);3*1H2/q;2*+2;;;;/p-4. The molecular formula is H5ClCu2O7S. The van der Waals surface area contributed by atoms with Crippen LogP contribution in [0.4, 0.5) is 0 Å². The maximum atomic E-state index is 8.52. The summed E-state index contributed by atoms with van der Waals surface area (Å²) in [4.78, 5) is 0. The van der Waals surface area contributed by atoms with Gasteiger partial charge in [-0.1, -0.05) is 0 Å². The van der Waals surface area contributed by atoms with Crippen molar-refractivity contribution in [1.82, 2.24) is 0 Å². The van der Waals surface area contributed by atoms with Gasteiger partial charge in [-0.25, -0.2) is 0 Å². The molecule has 0 aliphatic heterocycles. The van der Waals surface area contributed by atoms with Gasteiger partial charge in [-0.2, -0.15) is 0 Å². The molecule has 0 bridgehead atoms. The van der Waals surface area contributed by atoms with Gasteiger partial charge in [-0.15, -0.1) is 0 Å². The second kappa shape index (κ2) is 22.5. The molecule has 0 rings (SSSR count). The Bertz CT molecular complexity index is 99.6. The van der Waals surface area contributed by atoms with Gasteiger partial charge in [0.05, 0.1) is 0 Å². The van der Waals surface area contributed by atoms with Gasteiger partial charge in [0.25, 0.3) is 0 Å². The van der Waals surface area contributed by atoms with Crippen molar-refractivity contribution in [2.24, 2.45) is 0 Å². The topological polar surface area (TPSA) is 173 Å². The summed E-state index contributed by atoms with van der Waals surface area (Å²) in [6.45, 7) is 0. The fourth-order valence-corrected chi connectivity index (χ4v) is 0. The Balaban J connectivity index is -0.00000000533. The van der Waals surface area contributed by atoms with Crippen molar-refractivity contribution in [2.45, 2.75) is 0 Å². The molecule has 7 nitrogen and oxygen atoms in total. The van der Waals surface area contributed by atoms with Crippen molar-refractivity contribution in [1.29, 1.82) is 0 Å². The van der Waals surface area contributed by atoms with E-state index in [0.717, 1.165) is 0 Å². The second-order valence-electron chi connectivity index (χ2n) is 0.408. The van der Waals surface area contributed by atoms with Gasteiger partial charge in [0, 0.05) is 10.4 Å². The summed E-state index contributed by atoms with van der Waals surface area (Å²) < 4.78 is 34.1. The normalized spacial score (nSPS) is 5.27. The van der Waals surface area contributed by atoms with E-state index < -0.39 is 10.4 Å². The molecule has 0 fully saturated rings. The van der Waals surface area contributed by atoms with Crippen LogP contribution in [0.3, 0.4) is 0 Å². The molecule has 0 saturated heterocycles. The molecule has 0 spiro atoms. The predicted molar refractivity (Wildman–Crippen MR) is 19.6 cm³/mol. The van der Waals surface area contributed by atoms with Crippen LogP contribution in [-0.2, 0) is 44.5 Å². The first kappa shape index (κ1) is 57.5. The minimum Gasteiger partial charge on any atom is -1.00 e. The molecule has 0 aromatic rings. The molecule has 0 unspecified atom stereocenters. The van der Waals surface area contributed by atoms with Crippen LogP contribution in [0.1, 0.15) is 0 Å². The van der Waals surface area contributed by atoms with Crippen molar-refractivity contribution >= 4 is 10.4 Å². The van der Waals surface area contributed by atoms with Crippen molar-refractivity contribution in [3.8, 4) is 0 Å². The summed E-state index contributed by atoms with van der Waals surface area (Å²) in [6.07, 6.45) is 0. The van der Waals surface area contributed by atoms with Crippen molar-refractivity contribution < 1.29 is 80.5 Å². The average Bonchev–Trinajstić information content (AvgIpc) is 0.722. The maximum absolute atomic E-state index is 8.52. The first-order chi connectivity index (χ1) is 2.00. The van der Waals surface area contributed by atoms with Gasteiger partial charge >= 0.3 is 34.1 Å². The maximum Gasteiger partial charge on any atom is 2.00 e. The van der Waals surface area contributed by atoms with Crippen molar-refractivity contribution in [2.75, 3.05) is 0 Å². The molecule has 5 N–H and O–H groups in total. The Morgan fingerprint density at radius 1 is 0.909 bits per heavy atom. The molecule has 0 aliphatic rings. The third-order valence-electron chi connectivity index (χ3n) is 0. The number of halogens is 1. The van der Waals surface area contributed by atoms with E-state index in [1.165, 1.54) is 0 Å². The van der Waals surface area contributed by atoms with E-state index in [1.54, 1.807) is 0 Å². The van der Waals surface area contributed by atoms with Crippen LogP contribution in [0.5, 0.6) is 0 Å². The van der Waals surface area contributed by atoms with E-state index in [1.807, 2.05) is 0 Å². The van der Waals surface area contributed by atoms with Gasteiger partial charge in [-0.05, 0) is 0 Å². The van der Waals surface area contributed by atoms with Gasteiger partial charge in [-0.3, -0.25) is 8.42 Å². The predicted octanol–water partition coefficient (Wildman–Crippen LogP) is -6.17. The number of hydrogen-bond acceptors (Lipinski definition) is 5. The minimum atomic E-state index is -5.17. The van der Waals surface area contributed by atoms with Crippen LogP contribution in [-0.4, -0.2) is 34.0 Å². The smallest absolute Gasteiger partial charge is 1.00 e. The van der Waals surface area contributed by atoms with Crippen LogP contribution in [0, 0.1) is 0 Å². The van der Waals surface area contributed by atoms with E-state index in [2.05, 4.69) is 0 Å². The van der Waals surface area contributed by atoms with Crippen LogP contribution >= 0.6 is 0 Å². The molecule has 0 saturated carbocycles. The van der Waals surface area contributed by atoms with E-state index in [-0.39, 0.29) is 63.0 Å². The summed E-state index contributed by atoms with van der Waals surface area (Å²) in [7, 11) is -5.17. The summed E-state index contributed by atoms with van der Waals surface area (Å²) in [5.41, 5.74) is 0. The molecule has 11 heavy (non-hydrogen) atoms. The third-order valence-corrected chi connectivity index (χ3v) is 0. The zero-order chi connectivity index (χ0) is 4.50. The van der Waals surface area contributed by atoms with Gasteiger partial charge < -0.3 is 37.9 Å². The molecule has 0 aliphatic carbocycles. The molecule has 0 atom stereocenters. The zero-order valence-corrected chi connectivity index (χ0v) is 7.93. The zero-order valence-electron chi connectivity index (χ0n) is 4.47. The molecule has 82 valence electrons. The largest absolute Gasteiger partial charge is 2.00 e. The summed E-state index contributed by atoms with van der Waals surface area (Å²) >= 11 is 0. The Labute approximate surface area is 90.8 Å². The minimum absolute atomic E-state index is 0. The van der Waals surface area contributed by atoms with E-state index in [9.17, 15) is 0 Å². The van der Waals surface area contributed by atoms with E-state index >= 15 is 0 Å². The summed E-state index contributed by atoms with van der Waals surface area (Å²) in [6, 6.07) is 0. The molecule has 0 heterocycles. The average molecular weight is 312 g/mol. The quantitative estimate of drug-likeness (QED) is 0.245. The molecule has 0 aromatic heterocycles. The fourth-order valence-electron chi connectivity index (χ4n) is 0. The number of hydrogen-bond donors (Lipinski definition) is 0. The Morgan fingerprint density at radius 2 is 0.909 bits per heavy atom. The van der Waals surface area contributed by atoms with Gasteiger partial charge in [0.1, 0.15) is 0 Å². The fraction of sp³-hybridized carbons (Fsp3) is 0. The van der Waals surface area contributed by atoms with Gasteiger partial charge in [0.2, 0.25) is 0 Å². The van der Waals surface area contributed by atoms with Crippen molar-refractivity contribution in [3.05, 3.63) is 0 Å². The number of rotatable bonds is 0. The van der Waals surface area contributed by atoms with Crippen LogP contribution in [0.2, 0.25) is 0 Å². The van der Waals surface area contributed by atoms with E-state index in [0.29, 0.717) is 0 Å². The molecule has 11 heteroatoms. The van der Waals surface area contributed by atoms with Gasteiger partial charge in [0.15, 0.2) is 0 Å². The first-order valence-electron chi connectivity index (χ1n) is 0.667. The van der Waals surface area contributed by atoms with Crippen molar-refractivity contribution in [3.63, 3.8) is 0 Å².